The van der Waals surface area contributed by atoms with Crippen LogP contribution in [0, 0.1) is 5.92 Å². The van der Waals surface area contributed by atoms with Gasteiger partial charge in [-0.25, -0.2) is 0 Å². The van der Waals surface area contributed by atoms with Gasteiger partial charge in [0.2, 0.25) is 0 Å². The van der Waals surface area contributed by atoms with E-state index in [1.165, 1.54) is 32.1 Å². The van der Waals surface area contributed by atoms with E-state index in [0.717, 1.165) is 5.92 Å². The Hall–Kier alpha value is 0.210. The highest BCUT2D eigenvalue weighted by Gasteiger charge is 2.33. The lowest BCUT2D eigenvalue weighted by Crippen LogP contribution is -2.36. The summed E-state index contributed by atoms with van der Waals surface area (Å²) in [7, 11) is 0. The molecule has 2 N–H and O–H groups in total. The fourth-order valence-electron chi connectivity index (χ4n) is 2.40. The molecule has 0 spiro atoms. The van der Waals surface area contributed by atoms with Crippen molar-refractivity contribution < 1.29 is 4.74 Å². The lowest BCUT2D eigenvalue weighted by Gasteiger charge is -2.31. The van der Waals surface area contributed by atoms with Crippen molar-refractivity contribution in [2.24, 2.45) is 11.7 Å². The zero-order chi connectivity index (χ0) is 7.68. The van der Waals surface area contributed by atoms with Crippen LogP contribution in [0.1, 0.15) is 32.1 Å². The van der Waals surface area contributed by atoms with Crippen LogP contribution in [0.3, 0.4) is 0 Å². The van der Waals surface area contributed by atoms with Crippen molar-refractivity contribution in [3.63, 3.8) is 0 Å². The van der Waals surface area contributed by atoms with Crippen molar-refractivity contribution in [3.05, 3.63) is 0 Å². The van der Waals surface area contributed by atoms with Gasteiger partial charge in [-0.1, -0.05) is 6.42 Å². The average molecular weight is 192 g/mol. The molecule has 1 aliphatic carbocycles. The van der Waals surface area contributed by atoms with Gasteiger partial charge in [0, 0.05) is 6.54 Å². The van der Waals surface area contributed by atoms with E-state index < -0.39 is 0 Å². The minimum atomic E-state index is 0. The van der Waals surface area contributed by atoms with Crippen molar-refractivity contribution in [1.29, 1.82) is 0 Å². The first-order chi connectivity index (χ1) is 5.40. The Balaban J connectivity index is 0.000000720. The Morgan fingerprint density at radius 3 is 2.75 bits per heavy atom. The Morgan fingerprint density at radius 1 is 1.17 bits per heavy atom. The molecule has 2 fully saturated rings. The SMILES string of the molecule is Cl.NCC1CCC2CCCC2O1. The molecule has 3 unspecified atom stereocenters. The molecule has 2 rings (SSSR count). The Labute approximate surface area is 80.3 Å². The van der Waals surface area contributed by atoms with Crippen LogP contribution in [-0.2, 0) is 4.74 Å². The molecule has 0 aromatic heterocycles. The molecule has 0 aromatic carbocycles. The van der Waals surface area contributed by atoms with E-state index in [1.807, 2.05) is 0 Å². The molecule has 2 aliphatic rings. The van der Waals surface area contributed by atoms with Crippen molar-refractivity contribution in [2.45, 2.75) is 44.3 Å². The second-order valence-electron chi connectivity index (χ2n) is 3.80. The van der Waals surface area contributed by atoms with Crippen LogP contribution in [0.4, 0.5) is 0 Å². The maximum Gasteiger partial charge on any atom is 0.0701 e. The smallest absolute Gasteiger partial charge is 0.0701 e. The van der Waals surface area contributed by atoms with Gasteiger partial charge in [-0.2, -0.15) is 0 Å². The normalized spacial score (nSPS) is 40.2. The monoisotopic (exact) mass is 191 g/mol. The molecule has 0 radical (unpaired) electrons. The van der Waals surface area contributed by atoms with E-state index in [2.05, 4.69) is 0 Å². The molecule has 3 atom stereocenters. The van der Waals surface area contributed by atoms with Gasteiger partial charge >= 0.3 is 0 Å². The topological polar surface area (TPSA) is 35.2 Å². The molecule has 72 valence electrons. The summed E-state index contributed by atoms with van der Waals surface area (Å²) in [5.74, 6) is 0.873. The molecule has 1 heterocycles. The van der Waals surface area contributed by atoms with Crippen molar-refractivity contribution >= 4 is 12.4 Å². The number of hydrogen-bond acceptors (Lipinski definition) is 2. The quantitative estimate of drug-likeness (QED) is 0.685. The van der Waals surface area contributed by atoms with Crippen molar-refractivity contribution in [2.75, 3.05) is 6.54 Å². The van der Waals surface area contributed by atoms with Gasteiger partial charge in [0.05, 0.1) is 12.2 Å². The molecular weight excluding hydrogens is 174 g/mol. The molecule has 0 aromatic rings. The Morgan fingerprint density at radius 2 is 2.00 bits per heavy atom. The molecule has 12 heavy (non-hydrogen) atoms. The van der Waals surface area contributed by atoms with Crippen molar-refractivity contribution in [1.82, 2.24) is 0 Å². The van der Waals surface area contributed by atoms with E-state index in [-0.39, 0.29) is 12.4 Å². The maximum absolute atomic E-state index is 5.83. The first kappa shape index (κ1) is 10.3. The predicted molar refractivity (Wildman–Crippen MR) is 51.5 cm³/mol. The summed E-state index contributed by atoms with van der Waals surface area (Å²) in [6, 6.07) is 0. The van der Waals surface area contributed by atoms with Crippen LogP contribution in [0.5, 0.6) is 0 Å². The molecule has 3 heteroatoms. The number of nitrogens with two attached hydrogens (primary N) is 1. The summed E-state index contributed by atoms with van der Waals surface area (Å²) in [4.78, 5) is 0. The predicted octanol–water partition coefficient (Wildman–Crippen LogP) is 1.71. The first-order valence-electron chi connectivity index (χ1n) is 4.75. The molecule has 0 amide bonds. The number of halogens is 1. The van der Waals surface area contributed by atoms with Crippen LogP contribution >= 0.6 is 12.4 Å². The van der Waals surface area contributed by atoms with Crippen LogP contribution in [0.15, 0.2) is 0 Å². The van der Waals surface area contributed by atoms with E-state index in [1.54, 1.807) is 0 Å². The van der Waals surface area contributed by atoms with Crippen LogP contribution in [0.25, 0.3) is 0 Å². The average Bonchev–Trinajstić information content (AvgIpc) is 2.50. The van der Waals surface area contributed by atoms with Crippen LogP contribution < -0.4 is 5.73 Å². The third-order valence-electron chi connectivity index (χ3n) is 3.08. The van der Waals surface area contributed by atoms with Crippen molar-refractivity contribution in [3.8, 4) is 0 Å². The fourth-order valence-corrected chi connectivity index (χ4v) is 2.40. The van der Waals surface area contributed by atoms with Gasteiger partial charge in [0.1, 0.15) is 0 Å². The number of ether oxygens (including phenoxy) is 1. The van der Waals surface area contributed by atoms with E-state index in [0.29, 0.717) is 18.8 Å². The molecule has 0 bridgehead atoms. The maximum atomic E-state index is 5.83. The Bertz CT molecular complexity index is 142. The first-order valence-corrected chi connectivity index (χ1v) is 4.75. The lowest BCUT2D eigenvalue weighted by molar-refractivity contribution is -0.0648. The zero-order valence-electron chi connectivity index (χ0n) is 7.37. The molecule has 1 aliphatic heterocycles. The van der Waals surface area contributed by atoms with Gasteiger partial charge in [0.15, 0.2) is 0 Å². The molecule has 1 saturated carbocycles. The van der Waals surface area contributed by atoms with Gasteiger partial charge in [-0.3, -0.25) is 0 Å². The summed E-state index contributed by atoms with van der Waals surface area (Å²) in [6.07, 6.45) is 7.52. The zero-order valence-corrected chi connectivity index (χ0v) is 8.19. The highest BCUT2D eigenvalue weighted by atomic mass is 35.5. The highest BCUT2D eigenvalue weighted by Crippen LogP contribution is 2.36. The van der Waals surface area contributed by atoms with Gasteiger partial charge < -0.3 is 10.5 Å². The molecule has 2 nitrogen and oxygen atoms in total. The minimum Gasteiger partial charge on any atom is -0.373 e. The van der Waals surface area contributed by atoms with E-state index in [4.69, 9.17) is 10.5 Å². The number of rotatable bonds is 1. The highest BCUT2D eigenvalue weighted by molar-refractivity contribution is 5.85. The van der Waals surface area contributed by atoms with Gasteiger partial charge in [-0.05, 0) is 31.6 Å². The van der Waals surface area contributed by atoms with Crippen LogP contribution in [0.2, 0.25) is 0 Å². The third kappa shape index (κ3) is 1.93. The summed E-state index contributed by atoms with van der Waals surface area (Å²) in [5, 5.41) is 0. The third-order valence-corrected chi connectivity index (χ3v) is 3.08. The summed E-state index contributed by atoms with van der Waals surface area (Å²) >= 11 is 0. The fraction of sp³-hybridized carbons (Fsp3) is 1.00. The second-order valence-corrected chi connectivity index (χ2v) is 3.80. The standard InChI is InChI=1S/C9H17NO.ClH/c10-6-8-5-4-7-2-1-3-9(7)11-8;/h7-9H,1-6,10H2;1H. The largest absolute Gasteiger partial charge is 0.373 e. The summed E-state index contributed by atoms with van der Waals surface area (Å²) in [5.41, 5.74) is 5.56. The van der Waals surface area contributed by atoms with E-state index in [9.17, 15) is 0 Å². The second kappa shape index (κ2) is 4.45. The summed E-state index contributed by atoms with van der Waals surface area (Å²) in [6.45, 7) is 0.712. The number of fused-ring (bicyclic) bond motifs is 1. The van der Waals surface area contributed by atoms with Gasteiger partial charge in [-0.15, -0.1) is 12.4 Å². The minimum absolute atomic E-state index is 0. The number of hydrogen-bond donors (Lipinski definition) is 1. The molecule has 1 saturated heterocycles. The van der Waals surface area contributed by atoms with Gasteiger partial charge in [0.25, 0.3) is 0 Å². The van der Waals surface area contributed by atoms with Crippen LogP contribution in [-0.4, -0.2) is 18.8 Å². The lowest BCUT2D eigenvalue weighted by atomic mass is 9.94. The van der Waals surface area contributed by atoms with E-state index >= 15 is 0 Å². The Kier molecular flexibility index (Phi) is 3.81. The summed E-state index contributed by atoms with van der Waals surface area (Å²) < 4.78 is 5.83. The molecular formula is C9H18ClNO.